The molecular formula is C14H18N4S. The topological polar surface area (TPSA) is 32.3 Å². The highest BCUT2D eigenvalue weighted by atomic mass is 32.1. The molecule has 0 amide bonds. The lowest BCUT2D eigenvalue weighted by Gasteiger charge is -2.35. The molecule has 1 aliphatic heterocycles. The predicted molar refractivity (Wildman–Crippen MR) is 78.7 cm³/mol. The van der Waals surface area contributed by atoms with Crippen molar-refractivity contribution >= 4 is 17.2 Å². The van der Waals surface area contributed by atoms with Crippen molar-refractivity contribution in [3.05, 3.63) is 41.0 Å². The predicted octanol–water partition coefficient (Wildman–Crippen LogP) is 1.90. The SMILES string of the molecule is c1cnc(N2CCN(CCc3ccsc3)CC2)cn1. The highest BCUT2D eigenvalue weighted by molar-refractivity contribution is 7.07. The van der Waals surface area contributed by atoms with Crippen molar-refractivity contribution in [3.8, 4) is 0 Å². The van der Waals surface area contributed by atoms with Crippen LogP contribution in [-0.2, 0) is 6.42 Å². The number of nitrogens with zero attached hydrogens (tertiary/aromatic N) is 4. The number of aromatic nitrogens is 2. The maximum Gasteiger partial charge on any atom is 0.147 e. The van der Waals surface area contributed by atoms with Gasteiger partial charge in [-0.05, 0) is 28.8 Å². The second kappa shape index (κ2) is 6.12. The molecule has 19 heavy (non-hydrogen) atoms. The minimum Gasteiger partial charge on any atom is -0.353 e. The summed E-state index contributed by atoms with van der Waals surface area (Å²) in [6.45, 7) is 5.47. The molecule has 3 heterocycles. The normalized spacial score (nSPS) is 16.7. The van der Waals surface area contributed by atoms with E-state index in [0.29, 0.717) is 0 Å². The maximum atomic E-state index is 4.36. The van der Waals surface area contributed by atoms with E-state index in [1.54, 1.807) is 23.7 Å². The van der Waals surface area contributed by atoms with Gasteiger partial charge >= 0.3 is 0 Å². The van der Waals surface area contributed by atoms with Crippen molar-refractivity contribution in [2.45, 2.75) is 6.42 Å². The Morgan fingerprint density at radius 3 is 2.74 bits per heavy atom. The van der Waals surface area contributed by atoms with E-state index in [4.69, 9.17) is 0 Å². The van der Waals surface area contributed by atoms with E-state index >= 15 is 0 Å². The fraction of sp³-hybridized carbons (Fsp3) is 0.429. The summed E-state index contributed by atoms with van der Waals surface area (Å²) < 4.78 is 0. The molecule has 2 aromatic rings. The minimum absolute atomic E-state index is 1.000. The van der Waals surface area contributed by atoms with Crippen molar-refractivity contribution in [1.82, 2.24) is 14.9 Å². The van der Waals surface area contributed by atoms with Gasteiger partial charge in [0.2, 0.25) is 0 Å². The van der Waals surface area contributed by atoms with Crippen molar-refractivity contribution in [3.63, 3.8) is 0 Å². The summed E-state index contributed by atoms with van der Waals surface area (Å²) in [5.41, 5.74) is 1.46. The first-order valence-corrected chi connectivity index (χ1v) is 7.60. The van der Waals surface area contributed by atoms with Crippen LogP contribution in [0.5, 0.6) is 0 Å². The van der Waals surface area contributed by atoms with Gasteiger partial charge in [-0.25, -0.2) is 4.98 Å². The Hall–Kier alpha value is -1.46. The number of thiophene rings is 1. The average Bonchev–Trinajstić information content (AvgIpc) is 3.00. The standard InChI is InChI=1S/C14H18N4S/c1(13-2-10-19-12-13)5-17-6-8-18(9-7-17)14-11-15-3-4-16-14/h2-4,10-12H,1,5-9H2. The van der Waals surface area contributed by atoms with Gasteiger partial charge in [-0.2, -0.15) is 11.3 Å². The number of hydrogen-bond donors (Lipinski definition) is 0. The van der Waals surface area contributed by atoms with Gasteiger partial charge in [-0.15, -0.1) is 0 Å². The molecular weight excluding hydrogens is 256 g/mol. The fourth-order valence-corrected chi connectivity index (χ4v) is 3.08. The van der Waals surface area contributed by atoms with Crippen LogP contribution in [0.4, 0.5) is 5.82 Å². The zero-order valence-corrected chi connectivity index (χ0v) is 11.7. The van der Waals surface area contributed by atoms with E-state index in [2.05, 4.69) is 36.6 Å². The molecule has 4 nitrogen and oxygen atoms in total. The first-order chi connectivity index (χ1) is 9.42. The molecule has 1 saturated heterocycles. The van der Waals surface area contributed by atoms with Gasteiger partial charge in [-0.3, -0.25) is 9.88 Å². The van der Waals surface area contributed by atoms with Gasteiger partial charge in [0.25, 0.3) is 0 Å². The van der Waals surface area contributed by atoms with Crippen molar-refractivity contribution in [2.75, 3.05) is 37.6 Å². The number of anilines is 1. The molecule has 5 heteroatoms. The van der Waals surface area contributed by atoms with Gasteiger partial charge in [0.1, 0.15) is 5.82 Å². The van der Waals surface area contributed by atoms with E-state index < -0.39 is 0 Å². The largest absolute Gasteiger partial charge is 0.353 e. The van der Waals surface area contributed by atoms with Crippen LogP contribution in [0.15, 0.2) is 35.4 Å². The zero-order valence-electron chi connectivity index (χ0n) is 10.9. The van der Waals surface area contributed by atoms with Gasteiger partial charge in [-0.1, -0.05) is 0 Å². The highest BCUT2D eigenvalue weighted by Crippen LogP contribution is 2.12. The average molecular weight is 274 g/mol. The first-order valence-electron chi connectivity index (χ1n) is 6.66. The van der Waals surface area contributed by atoms with E-state index in [0.717, 1.165) is 45.0 Å². The van der Waals surface area contributed by atoms with Crippen LogP contribution in [0.25, 0.3) is 0 Å². The summed E-state index contributed by atoms with van der Waals surface area (Å²) in [6, 6.07) is 2.22. The third-order valence-electron chi connectivity index (χ3n) is 3.54. The summed E-state index contributed by atoms with van der Waals surface area (Å²) in [4.78, 5) is 13.3. The molecule has 0 unspecified atom stereocenters. The summed E-state index contributed by atoms with van der Waals surface area (Å²) in [5, 5.41) is 4.40. The highest BCUT2D eigenvalue weighted by Gasteiger charge is 2.17. The first kappa shape index (κ1) is 12.6. The van der Waals surface area contributed by atoms with Crippen LogP contribution in [0, 0.1) is 0 Å². The number of hydrogen-bond acceptors (Lipinski definition) is 5. The maximum absolute atomic E-state index is 4.36. The smallest absolute Gasteiger partial charge is 0.147 e. The summed E-state index contributed by atoms with van der Waals surface area (Å²) in [5.74, 6) is 1.000. The Balaban J connectivity index is 1.47. The third-order valence-corrected chi connectivity index (χ3v) is 4.27. The molecule has 3 rings (SSSR count). The molecule has 1 aliphatic rings. The minimum atomic E-state index is 1.000. The van der Waals surface area contributed by atoms with Crippen molar-refractivity contribution in [1.29, 1.82) is 0 Å². The summed E-state index contributed by atoms with van der Waals surface area (Å²) in [7, 11) is 0. The third kappa shape index (κ3) is 3.30. The Bertz CT molecular complexity index is 477. The van der Waals surface area contributed by atoms with E-state index in [1.165, 1.54) is 5.56 Å². The summed E-state index contributed by atoms with van der Waals surface area (Å²) in [6.07, 6.45) is 6.49. The second-order valence-electron chi connectivity index (χ2n) is 4.77. The van der Waals surface area contributed by atoms with Gasteiger partial charge in [0.15, 0.2) is 0 Å². The lowest BCUT2D eigenvalue weighted by molar-refractivity contribution is 0.260. The molecule has 0 saturated carbocycles. The van der Waals surface area contributed by atoms with E-state index in [9.17, 15) is 0 Å². The van der Waals surface area contributed by atoms with Crippen molar-refractivity contribution in [2.24, 2.45) is 0 Å². The van der Waals surface area contributed by atoms with Crippen LogP contribution in [-0.4, -0.2) is 47.6 Å². The molecule has 0 N–H and O–H groups in total. The molecule has 100 valence electrons. The Kier molecular flexibility index (Phi) is 4.05. The Labute approximate surface area is 117 Å². The molecule has 0 aliphatic carbocycles. The van der Waals surface area contributed by atoms with Crippen LogP contribution in [0.1, 0.15) is 5.56 Å². The Morgan fingerprint density at radius 1 is 1.16 bits per heavy atom. The molecule has 1 fully saturated rings. The van der Waals surface area contributed by atoms with Gasteiger partial charge < -0.3 is 4.90 Å². The molecule has 2 aromatic heterocycles. The van der Waals surface area contributed by atoms with Crippen LogP contribution >= 0.6 is 11.3 Å². The van der Waals surface area contributed by atoms with Crippen LogP contribution in [0.2, 0.25) is 0 Å². The lowest BCUT2D eigenvalue weighted by Crippen LogP contribution is -2.47. The zero-order chi connectivity index (χ0) is 12.9. The summed E-state index contributed by atoms with van der Waals surface area (Å²) >= 11 is 1.78. The molecule has 0 bridgehead atoms. The van der Waals surface area contributed by atoms with E-state index in [1.807, 2.05) is 6.20 Å². The van der Waals surface area contributed by atoms with E-state index in [-0.39, 0.29) is 0 Å². The fourth-order valence-electron chi connectivity index (χ4n) is 2.38. The van der Waals surface area contributed by atoms with Crippen LogP contribution in [0.3, 0.4) is 0 Å². The number of rotatable bonds is 4. The quantitative estimate of drug-likeness (QED) is 0.852. The van der Waals surface area contributed by atoms with Crippen molar-refractivity contribution < 1.29 is 0 Å². The number of piperazine rings is 1. The van der Waals surface area contributed by atoms with Gasteiger partial charge in [0, 0.05) is 45.1 Å². The molecule has 0 aromatic carbocycles. The van der Waals surface area contributed by atoms with Gasteiger partial charge in [0.05, 0.1) is 6.20 Å². The molecule has 0 spiro atoms. The molecule has 0 atom stereocenters. The monoisotopic (exact) mass is 274 g/mol. The van der Waals surface area contributed by atoms with Crippen LogP contribution < -0.4 is 4.90 Å². The second-order valence-corrected chi connectivity index (χ2v) is 5.55. The lowest BCUT2D eigenvalue weighted by atomic mass is 10.2. The Morgan fingerprint density at radius 2 is 2.05 bits per heavy atom. The molecule has 0 radical (unpaired) electrons.